The third-order valence-electron chi connectivity index (χ3n) is 4.23. The Labute approximate surface area is 175 Å². The number of anilines is 1. The van der Waals surface area contributed by atoms with Gasteiger partial charge in [0.15, 0.2) is 0 Å². The molecule has 0 aliphatic rings. The van der Waals surface area contributed by atoms with E-state index >= 15 is 0 Å². The number of ether oxygens (including phenoxy) is 3. The van der Waals surface area contributed by atoms with Crippen molar-refractivity contribution < 1.29 is 23.8 Å². The number of esters is 1. The first kappa shape index (κ1) is 20.9. The Morgan fingerprint density at radius 1 is 0.767 bits per heavy atom. The second kappa shape index (κ2) is 10.1. The summed E-state index contributed by atoms with van der Waals surface area (Å²) in [6, 6.07) is 20.6. The lowest BCUT2D eigenvalue weighted by Gasteiger charge is -2.09. The fourth-order valence-corrected chi connectivity index (χ4v) is 2.63. The van der Waals surface area contributed by atoms with Crippen molar-refractivity contribution in [1.29, 1.82) is 0 Å². The van der Waals surface area contributed by atoms with Gasteiger partial charge in [-0.25, -0.2) is 4.79 Å². The zero-order valence-electron chi connectivity index (χ0n) is 16.9. The van der Waals surface area contributed by atoms with E-state index < -0.39 is 0 Å². The van der Waals surface area contributed by atoms with Gasteiger partial charge in [-0.1, -0.05) is 6.92 Å². The Kier molecular flexibility index (Phi) is 7.05. The predicted octanol–water partition coefficient (Wildman–Crippen LogP) is 5.31. The molecule has 1 amide bonds. The lowest BCUT2D eigenvalue weighted by atomic mass is 10.1. The number of nitrogens with one attached hydrogen (secondary N) is 1. The first-order valence-electron chi connectivity index (χ1n) is 9.59. The van der Waals surface area contributed by atoms with Crippen LogP contribution in [0.25, 0.3) is 0 Å². The first-order valence-corrected chi connectivity index (χ1v) is 9.59. The van der Waals surface area contributed by atoms with E-state index in [0.717, 1.165) is 12.2 Å². The van der Waals surface area contributed by atoms with Crippen LogP contribution in [0.3, 0.4) is 0 Å². The van der Waals surface area contributed by atoms with Crippen LogP contribution >= 0.6 is 0 Å². The molecule has 0 radical (unpaired) electrons. The van der Waals surface area contributed by atoms with E-state index in [4.69, 9.17) is 14.2 Å². The molecule has 6 nitrogen and oxygen atoms in total. The smallest absolute Gasteiger partial charge is 0.338 e. The number of hydrogen-bond acceptors (Lipinski definition) is 5. The number of methoxy groups -OCH3 is 1. The Balaban J connectivity index is 1.58. The van der Waals surface area contributed by atoms with Crippen LogP contribution in [0.15, 0.2) is 72.8 Å². The Morgan fingerprint density at radius 2 is 1.30 bits per heavy atom. The highest BCUT2D eigenvalue weighted by molar-refractivity contribution is 6.04. The summed E-state index contributed by atoms with van der Waals surface area (Å²) in [5.41, 5.74) is 1.52. The topological polar surface area (TPSA) is 73.9 Å². The minimum atomic E-state index is -0.373. The van der Waals surface area contributed by atoms with Gasteiger partial charge in [0.2, 0.25) is 0 Å². The molecule has 0 fully saturated rings. The lowest BCUT2D eigenvalue weighted by molar-refractivity contribution is 0.0505. The summed E-state index contributed by atoms with van der Waals surface area (Å²) in [5.74, 6) is 1.41. The van der Waals surface area contributed by atoms with Gasteiger partial charge in [-0.2, -0.15) is 0 Å². The summed E-state index contributed by atoms with van der Waals surface area (Å²) in [4.78, 5) is 24.3. The number of benzene rings is 3. The highest BCUT2D eigenvalue weighted by Gasteiger charge is 2.09. The molecule has 0 unspecified atom stereocenters. The molecule has 0 heterocycles. The van der Waals surface area contributed by atoms with Crippen LogP contribution in [0.1, 0.15) is 34.1 Å². The van der Waals surface area contributed by atoms with Crippen LogP contribution in [0.5, 0.6) is 17.2 Å². The van der Waals surface area contributed by atoms with Gasteiger partial charge in [0, 0.05) is 11.3 Å². The highest BCUT2D eigenvalue weighted by atomic mass is 16.5. The third kappa shape index (κ3) is 5.61. The molecule has 0 aliphatic heterocycles. The fourth-order valence-electron chi connectivity index (χ4n) is 2.63. The summed E-state index contributed by atoms with van der Waals surface area (Å²) in [6.45, 7) is 2.32. The quantitative estimate of drug-likeness (QED) is 0.514. The molecule has 3 aromatic carbocycles. The molecule has 30 heavy (non-hydrogen) atoms. The molecule has 0 spiro atoms. The first-order chi connectivity index (χ1) is 14.6. The van der Waals surface area contributed by atoms with Gasteiger partial charge in [0.1, 0.15) is 17.2 Å². The van der Waals surface area contributed by atoms with E-state index in [1.165, 1.54) is 0 Å². The van der Waals surface area contributed by atoms with Gasteiger partial charge in [0.05, 0.1) is 19.3 Å². The Bertz CT molecular complexity index is 980. The van der Waals surface area contributed by atoms with E-state index in [9.17, 15) is 9.59 Å². The molecule has 6 heteroatoms. The minimum absolute atomic E-state index is 0.257. The lowest BCUT2D eigenvalue weighted by Crippen LogP contribution is -2.12. The maximum Gasteiger partial charge on any atom is 0.338 e. The summed E-state index contributed by atoms with van der Waals surface area (Å²) in [6.07, 6.45) is 0.768. The van der Waals surface area contributed by atoms with E-state index in [1.54, 1.807) is 67.8 Å². The van der Waals surface area contributed by atoms with Gasteiger partial charge in [-0.15, -0.1) is 0 Å². The van der Waals surface area contributed by atoms with Crippen LogP contribution in [-0.4, -0.2) is 25.6 Å². The molecule has 0 saturated heterocycles. The summed E-state index contributed by atoms with van der Waals surface area (Å²) in [7, 11) is 1.61. The number of hydrogen-bond donors (Lipinski definition) is 1. The summed E-state index contributed by atoms with van der Waals surface area (Å²) in [5, 5.41) is 2.80. The molecular weight excluding hydrogens is 382 g/mol. The van der Waals surface area contributed by atoms with Crippen LogP contribution in [-0.2, 0) is 4.74 Å². The maximum atomic E-state index is 12.5. The molecule has 1 N–H and O–H groups in total. The zero-order chi connectivity index (χ0) is 21.3. The normalized spacial score (nSPS) is 10.2. The monoisotopic (exact) mass is 405 g/mol. The van der Waals surface area contributed by atoms with E-state index in [2.05, 4.69) is 5.32 Å². The van der Waals surface area contributed by atoms with Crippen LogP contribution in [0.4, 0.5) is 5.69 Å². The van der Waals surface area contributed by atoms with Crippen molar-refractivity contribution in [3.05, 3.63) is 83.9 Å². The fraction of sp³-hybridized carbons (Fsp3) is 0.167. The second-order valence-electron chi connectivity index (χ2n) is 6.47. The van der Waals surface area contributed by atoms with Crippen molar-refractivity contribution in [2.24, 2.45) is 0 Å². The average molecular weight is 405 g/mol. The highest BCUT2D eigenvalue weighted by Crippen LogP contribution is 2.24. The van der Waals surface area contributed by atoms with Crippen molar-refractivity contribution >= 4 is 17.6 Å². The number of rotatable bonds is 8. The Morgan fingerprint density at radius 3 is 1.87 bits per heavy atom. The molecule has 0 aromatic heterocycles. The second-order valence-corrected chi connectivity index (χ2v) is 6.47. The van der Waals surface area contributed by atoms with Crippen molar-refractivity contribution in [2.75, 3.05) is 19.0 Å². The van der Waals surface area contributed by atoms with Crippen molar-refractivity contribution in [3.63, 3.8) is 0 Å². The minimum Gasteiger partial charge on any atom is -0.497 e. The molecule has 0 saturated carbocycles. The molecule has 0 atom stereocenters. The van der Waals surface area contributed by atoms with Crippen LogP contribution < -0.4 is 14.8 Å². The zero-order valence-corrected chi connectivity index (χ0v) is 16.9. The summed E-state index contributed by atoms with van der Waals surface area (Å²) < 4.78 is 16.0. The third-order valence-corrected chi connectivity index (χ3v) is 4.23. The van der Waals surface area contributed by atoms with E-state index in [1.807, 2.05) is 19.1 Å². The number of carbonyl (C=O) groups is 2. The van der Waals surface area contributed by atoms with E-state index in [-0.39, 0.29) is 11.9 Å². The number of carbonyl (C=O) groups excluding carboxylic acids is 2. The largest absolute Gasteiger partial charge is 0.497 e. The SMILES string of the molecule is CCCOC(=O)c1ccc(NC(=O)c2ccc(Oc3ccc(OC)cc3)cc2)cc1. The van der Waals surface area contributed by atoms with Crippen molar-refractivity contribution in [2.45, 2.75) is 13.3 Å². The average Bonchev–Trinajstić information content (AvgIpc) is 2.79. The van der Waals surface area contributed by atoms with Crippen molar-refractivity contribution in [1.82, 2.24) is 0 Å². The van der Waals surface area contributed by atoms with Crippen molar-refractivity contribution in [3.8, 4) is 17.2 Å². The number of amides is 1. The Hall–Kier alpha value is -3.80. The van der Waals surface area contributed by atoms with Gasteiger partial charge < -0.3 is 19.5 Å². The molecule has 3 rings (SSSR count). The standard InChI is InChI=1S/C24H23NO5/c1-3-16-29-24(27)18-4-8-19(9-5-18)25-23(26)17-6-10-21(11-7-17)30-22-14-12-20(28-2)13-15-22/h4-15H,3,16H2,1-2H3,(H,25,26). The van der Waals surface area contributed by atoms with Gasteiger partial charge in [-0.3, -0.25) is 4.79 Å². The van der Waals surface area contributed by atoms with Gasteiger partial charge >= 0.3 is 5.97 Å². The molecule has 0 aliphatic carbocycles. The molecule has 0 bridgehead atoms. The molecular formula is C24H23NO5. The predicted molar refractivity (Wildman–Crippen MR) is 114 cm³/mol. The maximum absolute atomic E-state index is 12.5. The molecule has 3 aromatic rings. The molecule has 154 valence electrons. The van der Waals surface area contributed by atoms with Crippen LogP contribution in [0.2, 0.25) is 0 Å². The van der Waals surface area contributed by atoms with Crippen LogP contribution in [0, 0.1) is 0 Å². The van der Waals surface area contributed by atoms with E-state index in [0.29, 0.717) is 34.9 Å². The van der Waals surface area contributed by atoms with Gasteiger partial charge in [0.25, 0.3) is 5.91 Å². The van der Waals surface area contributed by atoms with Gasteiger partial charge in [-0.05, 0) is 79.2 Å². The summed E-state index contributed by atoms with van der Waals surface area (Å²) >= 11 is 0.